The molecule has 0 atom stereocenters. The number of benzene rings is 2. The van der Waals surface area contributed by atoms with Crippen LogP contribution in [-0.4, -0.2) is 29.8 Å². The summed E-state index contributed by atoms with van der Waals surface area (Å²) in [6, 6.07) is 20.1. The second kappa shape index (κ2) is 7.98. The highest BCUT2D eigenvalue weighted by Crippen LogP contribution is 2.39. The van der Waals surface area contributed by atoms with Crippen molar-refractivity contribution in [2.75, 3.05) is 14.1 Å². The standard InChI is InChI=1S/C23H26N4O/c1-26(2)16-19-9-7-6-8-18(19)15-24-23(28)22-14-21(17-12-13-17)25-27(22)20-10-4-3-5-11-20/h3-11,14,17H,12-13,15-16H2,1-2H3,(H,24,28)/p+1. The van der Waals surface area contributed by atoms with Crippen LogP contribution in [0.3, 0.4) is 0 Å². The number of hydrogen-bond acceptors (Lipinski definition) is 2. The fraction of sp³-hybridized carbons (Fsp3) is 0.304. The molecule has 1 aliphatic carbocycles. The number of carbonyl (C=O) groups excluding carboxylic acids is 1. The molecule has 0 aliphatic heterocycles. The van der Waals surface area contributed by atoms with Gasteiger partial charge in [0.25, 0.3) is 5.91 Å². The first-order chi connectivity index (χ1) is 13.6. The molecule has 0 unspecified atom stereocenters. The van der Waals surface area contributed by atoms with Crippen molar-refractivity contribution in [1.82, 2.24) is 15.1 Å². The third-order valence-electron chi connectivity index (χ3n) is 5.06. The SMILES string of the molecule is C[NH+](C)Cc1ccccc1CNC(=O)c1cc(C2CC2)nn1-c1ccccc1. The largest absolute Gasteiger partial charge is 0.347 e. The zero-order valence-electron chi connectivity index (χ0n) is 16.5. The van der Waals surface area contributed by atoms with Crippen LogP contribution in [0.2, 0.25) is 0 Å². The van der Waals surface area contributed by atoms with Gasteiger partial charge in [-0.15, -0.1) is 0 Å². The molecule has 0 spiro atoms. The first-order valence-electron chi connectivity index (χ1n) is 9.91. The van der Waals surface area contributed by atoms with Gasteiger partial charge in [0.1, 0.15) is 12.2 Å². The maximum atomic E-state index is 13.0. The van der Waals surface area contributed by atoms with Crippen molar-refractivity contribution in [3.63, 3.8) is 0 Å². The van der Waals surface area contributed by atoms with E-state index in [4.69, 9.17) is 5.10 Å². The molecule has 5 heteroatoms. The second-order valence-corrected chi connectivity index (χ2v) is 7.81. The number of nitrogens with one attached hydrogen (secondary N) is 2. The van der Waals surface area contributed by atoms with E-state index >= 15 is 0 Å². The van der Waals surface area contributed by atoms with Crippen LogP contribution >= 0.6 is 0 Å². The van der Waals surface area contributed by atoms with Crippen LogP contribution in [0.5, 0.6) is 0 Å². The van der Waals surface area contributed by atoms with E-state index in [0.717, 1.165) is 36.3 Å². The zero-order chi connectivity index (χ0) is 19.5. The van der Waals surface area contributed by atoms with Gasteiger partial charge < -0.3 is 10.2 Å². The highest BCUT2D eigenvalue weighted by Gasteiger charge is 2.29. The van der Waals surface area contributed by atoms with Gasteiger partial charge in [-0.3, -0.25) is 4.79 Å². The van der Waals surface area contributed by atoms with Gasteiger partial charge in [0.15, 0.2) is 0 Å². The van der Waals surface area contributed by atoms with E-state index < -0.39 is 0 Å². The molecule has 28 heavy (non-hydrogen) atoms. The molecule has 5 nitrogen and oxygen atoms in total. The van der Waals surface area contributed by atoms with Crippen LogP contribution in [0.25, 0.3) is 5.69 Å². The zero-order valence-corrected chi connectivity index (χ0v) is 16.5. The molecule has 1 aromatic heterocycles. The third-order valence-corrected chi connectivity index (χ3v) is 5.06. The van der Waals surface area contributed by atoms with Crippen molar-refractivity contribution in [3.05, 3.63) is 83.2 Å². The Labute approximate surface area is 166 Å². The Bertz CT molecular complexity index is 958. The minimum atomic E-state index is -0.0877. The fourth-order valence-electron chi connectivity index (χ4n) is 3.46. The average molecular weight is 375 g/mol. The number of aromatic nitrogens is 2. The summed E-state index contributed by atoms with van der Waals surface area (Å²) in [5.74, 6) is 0.413. The molecule has 144 valence electrons. The molecule has 1 heterocycles. The van der Waals surface area contributed by atoms with Crippen molar-refractivity contribution in [1.29, 1.82) is 0 Å². The summed E-state index contributed by atoms with van der Waals surface area (Å²) in [4.78, 5) is 14.4. The van der Waals surface area contributed by atoms with Gasteiger partial charge in [0, 0.05) is 18.0 Å². The first-order valence-corrected chi connectivity index (χ1v) is 9.91. The molecule has 0 saturated heterocycles. The van der Waals surface area contributed by atoms with E-state index in [0.29, 0.717) is 18.2 Å². The number of para-hydroxylation sites is 1. The highest BCUT2D eigenvalue weighted by atomic mass is 16.2. The van der Waals surface area contributed by atoms with Crippen LogP contribution in [0, 0.1) is 0 Å². The van der Waals surface area contributed by atoms with E-state index in [1.807, 2.05) is 42.5 Å². The molecule has 4 rings (SSSR count). The highest BCUT2D eigenvalue weighted by molar-refractivity contribution is 5.93. The quantitative estimate of drug-likeness (QED) is 0.666. The fourth-order valence-corrected chi connectivity index (χ4v) is 3.46. The molecular weight excluding hydrogens is 348 g/mol. The Hall–Kier alpha value is -2.92. The maximum absolute atomic E-state index is 13.0. The van der Waals surface area contributed by atoms with Gasteiger partial charge in [-0.25, -0.2) is 4.68 Å². The summed E-state index contributed by atoms with van der Waals surface area (Å²) in [6.45, 7) is 1.45. The molecule has 1 saturated carbocycles. The maximum Gasteiger partial charge on any atom is 0.270 e. The summed E-state index contributed by atoms with van der Waals surface area (Å²) < 4.78 is 1.78. The van der Waals surface area contributed by atoms with E-state index in [-0.39, 0.29) is 5.91 Å². The minimum absolute atomic E-state index is 0.0877. The molecule has 2 aromatic carbocycles. The Balaban J connectivity index is 1.56. The number of nitrogens with zero attached hydrogens (tertiary/aromatic N) is 2. The number of rotatable bonds is 7. The van der Waals surface area contributed by atoms with Gasteiger partial charge >= 0.3 is 0 Å². The average Bonchev–Trinajstić information content (AvgIpc) is 3.45. The Morgan fingerprint density at radius 3 is 2.43 bits per heavy atom. The molecule has 3 aromatic rings. The summed E-state index contributed by atoms with van der Waals surface area (Å²) >= 11 is 0. The van der Waals surface area contributed by atoms with Crippen LogP contribution in [-0.2, 0) is 13.1 Å². The molecule has 1 aliphatic rings. The van der Waals surface area contributed by atoms with Crippen molar-refractivity contribution in [3.8, 4) is 5.69 Å². The van der Waals surface area contributed by atoms with Crippen molar-refractivity contribution in [2.45, 2.75) is 31.8 Å². The van der Waals surface area contributed by atoms with Gasteiger partial charge in [-0.1, -0.05) is 42.5 Å². The molecule has 2 N–H and O–H groups in total. The number of quaternary nitrogens is 1. The number of amides is 1. The number of carbonyl (C=O) groups is 1. The van der Waals surface area contributed by atoms with E-state index in [1.165, 1.54) is 10.5 Å². The predicted octanol–water partition coefficient (Wildman–Crippen LogP) is 2.32. The summed E-state index contributed by atoms with van der Waals surface area (Å²) in [7, 11) is 4.26. The van der Waals surface area contributed by atoms with Gasteiger partial charge in [0.2, 0.25) is 0 Å². The summed E-state index contributed by atoms with van der Waals surface area (Å²) in [5.41, 5.74) is 4.95. The van der Waals surface area contributed by atoms with Gasteiger partial charge in [0.05, 0.1) is 25.5 Å². The smallest absolute Gasteiger partial charge is 0.270 e. The van der Waals surface area contributed by atoms with E-state index in [1.54, 1.807) is 4.68 Å². The monoisotopic (exact) mass is 375 g/mol. The minimum Gasteiger partial charge on any atom is -0.347 e. The van der Waals surface area contributed by atoms with Crippen LogP contribution < -0.4 is 10.2 Å². The Morgan fingerprint density at radius 2 is 1.75 bits per heavy atom. The summed E-state index contributed by atoms with van der Waals surface area (Å²) in [5, 5.41) is 7.83. The lowest BCUT2D eigenvalue weighted by molar-refractivity contribution is -0.872. The second-order valence-electron chi connectivity index (χ2n) is 7.81. The van der Waals surface area contributed by atoms with Gasteiger partial charge in [-0.05, 0) is 36.6 Å². The van der Waals surface area contributed by atoms with E-state index in [9.17, 15) is 4.79 Å². The van der Waals surface area contributed by atoms with E-state index in [2.05, 4.69) is 37.6 Å². The Morgan fingerprint density at radius 1 is 1.07 bits per heavy atom. The third kappa shape index (κ3) is 4.15. The lowest BCUT2D eigenvalue weighted by Gasteiger charge is -2.13. The van der Waals surface area contributed by atoms with Crippen LogP contribution in [0.4, 0.5) is 0 Å². The molecule has 1 amide bonds. The van der Waals surface area contributed by atoms with Crippen LogP contribution in [0.15, 0.2) is 60.7 Å². The van der Waals surface area contributed by atoms with Crippen molar-refractivity contribution >= 4 is 5.91 Å². The normalized spacial score (nSPS) is 13.7. The lowest BCUT2D eigenvalue weighted by atomic mass is 10.1. The molecule has 0 bridgehead atoms. The first kappa shape index (κ1) is 18.4. The lowest BCUT2D eigenvalue weighted by Crippen LogP contribution is -3.04. The number of hydrogen-bond donors (Lipinski definition) is 2. The van der Waals surface area contributed by atoms with Gasteiger partial charge in [-0.2, -0.15) is 5.10 Å². The Kier molecular flexibility index (Phi) is 5.26. The molecule has 0 radical (unpaired) electrons. The van der Waals surface area contributed by atoms with Crippen molar-refractivity contribution < 1.29 is 9.69 Å². The molecular formula is C23H27N4O+. The summed E-state index contributed by atoms with van der Waals surface area (Å²) in [6.07, 6.45) is 2.32. The topological polar surface area (TPSA) is 51.4 Å². The van der Waals surface area contributed by atoms with Crippen LogP contribution in [0.1, 0.15) is 46.1 Å². The molecule has 1 fully saturated rings. The van der Waals surface area contributed by atoms with Crippen molar-refractivity contribution in [2.24, 2.45) is 0 Å². The predicted molar refractivity (Wildman–Crippen MR) is 110 cm³/mol.